The molecule has 3 N–H and O–H groups in total. The molecule has 3 rings (SSSR count). The smallest absolute Gasteiger partial charge is 0.259 e. The van der Waals surface area contributed by atoms with Gasteiger partial charge in [-0.25, -0.2) is 4.68 Å². The molecular formula is C20H19ClN4O3. The van der Waals surface area contributed by atoms with E-state index >= 15 is 0 Å². The Hall–Kier alpha value is -3.32. The average molecular weight is 399 g/mol. The van der Waals surface area contributed by atoms with Crippen molar-refractivity contribution in [3.63, 3.8) is 0 Å². The Morgan fingerprint density at radius 3 is 2.64 bits per heavy atom. The van der Waals surface area contributed by atoms with E-state index in [0.717, 1.165) is 0 Å². The highest BCUT2D eigenvalue weighted by molar-refractivity contribution is 6.32. The average Bonchev–Trinajstić information content (AvgIpc) is 3.04. The van der Waals surface area contributed by atoms with Crippen LogP contribution in [0.15, 0.2) is 48.7 Å². The minimum Gasteiger partial charge on any atom is -0.494 e. The van der Waals surface area contributed by atoms with Crippen molar-refractivity contribution in [3.05, 3.63) is 70.5 Å². The third-order valence-corrected chi connectivity index (χ3v) is 4.47. The van der Waals surface area contributed by atoms with Crippen molar-refractivity contribution < 1.29 is 14.3 Å². The molecule has 0 unspecified atom stereocenters. The Balaban J connectivity index is 1.90. The molecule has 28 heavy (non-hydrogen) atoms. The number of aromatic nitrogens is 2. The SMILES string of the molecule is CCOc1ccc(NC(=O)c2cnn(-c3ccccc3Cl)c2C)c(C(N)=O)c1. The van der Waals surface area contributed by atoms with Crippen LogP contribution in [0.5, 0.6) is 5.75 Å². The number of hydrogen-bond donors (Lipinski definition) is 2. The third kappa shape index (κ3) is 3.84. The van der Waals surface area contributed by atoms with Gasteiger partial charge in [-0.1, -0.05) is 23.7 Å². The van der Waals surface area contributed by atoms with Crippen molar-refractivity contribution in [2.75, 3.05) is 11.9 Å². The molecule has 0 aliphatic carbocycles. The Labute approximate surface area is 167 Å². The molecule has 0 aliphatic rings. The fourth-order valence-corrected chi connectivity index (χ4v) is 3.00. The molecule has 1 heterocycles. The molecule has 7 nitrogen and oxygen atoms in total. The van der Waals surface area contributed by atoms with Crippen LogP contribution in [0.25, 0.3) is 5.69 Å². The van der Waals surface area contributed by atoms with E-state index in [-0.39, 0.29) is 5.56 Å². The Kier molecular flexibility index (Phi) is 5.65. The molecule has 0 atom stereocenters. The number of anilines is 1. The molecule has 0 aliphatic heterocycles. The van der Waals surface area contributed by atoms with Gasteiger partial charge in [-0.15, -0.1) is 0 Å². The lowest BCUT2D eigenvalue weighted by Gasteiger charge is -2.11. The van der Waals surface area contributed by atoms with Crippen LogP contribution in [0.3, 0.4) is 0 Å². The van der Waals surface area contributed by atoms with Gasteiger partial charge in [0.2, 0.25) is 0 Å². The van der Waals surface area contributed by atoms with Crippen LogP contribution in [0.2, 0.25) is 5.02 Å². The maximum Gasteiger partial charge on any atom is 0.259 e. The summed E-state index contributed by atoms with van der Waals surface area (Å²) in [7, 11) is 0. The molecule has 0 saturated carbocycles. The van der Waals surface area contributed by atoms with E-state index in [2.05, 4.69) is 10.4 Å². The van der Waals surface area contributed by atoms with Crippen LogP contribution < -0.4 is 15.8 Å². The number of hydrogen-bond acceptors (Lipinski definition) is 4. The van der Waals surface area contributed by atoms with Crippen molar-refractivity contribution in [1.82, 2.24) is 9.78 Å². The summed E-state index contributed by atoms with van der Waals surface area (Å²) < 4.78 is 6.97. The number of ether oxygens (including phenoxy) is 1. The standard InChI is InChI=1S/C20H19ClN4O3/c1-3-28-13-8-9-17(14(10-13)19(22)26)24-20(27)15-11-23-25(12(15)2)18-7-5-4-6-16(18)21/h4-11H,3H2,1-2H3,(H2,22,26)(H,24,27). The van der Waals surface area contributed by atoms with Crippen LogP contribution in [-0.4, -0.2) is 28.2 Å². The normalized spacial score (nSPS) is 10.5. The predicted molar refractivity (Wildman–Crippen MR) is 107 cm³/mol. The Morgan fingerprint density at radius 2 is 1.96 bits per heavy atom. The monoisotopic (exact) mass is 398 g/mol. The first-order chi connectivity index (χ1) is 13.4. The van der Waals surface area contributed by atoms with Crippen molar-refractivity contribution >= 4 is 29.1 Å². The van der Waals surface area contributed by atoms with Crippen molar-refractivity contribution in [2.45, 2.75) is 13.8 Å². The van der Waals surface area contributed by atoms with Crippen LogP contribution in [0, 0.1) is 6.92 Å². The van der Waals surface area contributed by atoms with Gasteiger partial charge in [0.25, 0.3) is 11.8 Å². The van der Waals surface area contributed by atoms with Crippen LogP contribution >= 0.6 is 11.6 Å². The van der Waals surface area contributed by atoms with E-state index in [0.29, 0.717) is 40.0 Å². The van der Waals surface area contributed by atoms with Gasteiger partial charge >= 0.3 is 0 Å². The first-order valence-corrected chi connectivity index (χ1v) is 8.97. The molecule has 2 aromatic carbocycles. The molecule has 0 saturated heterocycles. The maximum atomic E-state index is 12.8. The van der Waals surface area contributed by atoms with Crippen molar-refractivity contribution in [1.29, 1.82) is 0 Å². The zero-order valence-electron chi connectivity index (χ0n) is 15.4. The predicted octanol–water partition coefficient (Wildman–Crippen LogP) is 3.58. The first kappa shape index (κ1) is 19.4. The molecule has 2 amide bonds. The maximum absolute atomic E-state index is 12.8. The topological polar surface area (TPSA) is 99.2 Å². The summed E-state index contributed by atoms with van der Waals surface area (Å²) >= 11 is 6.22. The van der Waals surface area contributed by atoms with Crippen molar-refractivity contribution in [2.24, 2.45) is 5.73 Å². The zero-order valence-corrected chi connectivity index (χ0v) is 16.2. The fraction of sp³-hybridized carbons (Fsp3) is 0.150. The molecule has 144 valence electrons. The lowest BCUT2D eigenvalue weighted by Crippen LogP contribution is -2.19. The van der Waals surface area contributed by atoms with Gasteiger partial charge in [-0.3, -0.25) is 9.59 Å². The van der Waals surface area contributed by atoms with Gasteiger partial charge in [-0.2, -0.15) is 5.10 Å². The number of halogens is 1. The van der Waals surface area contributed by atoms with Crippen molar-refractivity contribution in [3.8, 4) is 11.4 Å². The highest BCUT2D eigenvalue weighted by Gasteiger charge is 2.19. The summed E-state index contributed by atoms with van der Waals surface area (Å²) in [5, 5.41) is 7.50. The van der Waals surface area contributed by atoms with E-state index in [9.17, 15) is 9.59 Å². The summed E-state index contributed by atoms with van der Waals surface area (Å²) in [5.41, 5.74) is 7.53. The van der Waals surface area contributed by atoms with E-state index in [1.807, 2.05) is 25.1 Å². The summed E-state index contributed by atoms with van der Waals surface area (Å²) in [4.78, 5) is 24.5. The lowest BCUT2D eigenvalue weighted by molar-refractivity contribution is 0.100. The molecule has 0 radical (unpaired) electrons. The number of carbonyl (C=O) groups excluding carboxylic acids is 2. The lowest BCUT2D eigenvalue weighted by atomic mass is 10.1. The van der Waals surface area contributed by atoms with E-state index in [4.69, 9.17) is 22.1 Å². The molecule has 0 fully saturated rings. The second-order valence-electron chi connectivity index (χ2n) is 5.97. The minimum absolute atomic E-state index is 0.162. The number of nitrogens with one attached hydrogen (secondary N) is 1. The highest BCUT2D eigenvalue weighted by Crippen LogP contribution is 2.25. The number of para-hydroxylation sites is 1. The van der Waals surface area contributed by atoms with Gasteiger partial charge < -0.3 is 15.8 Å². The highest BCUT2D eigenvalue weighted by atomic mass is 35.5. The first-order valence-electron chi connectivity index (χ1n) is 8.60. The number of primary amides is 1. The van der Waals surface area contributed by atoms with Gasteiger partial charge in [-0.05, 0) is 44.2 Å². The van der Waals surface area contributed by atoms with Gasteiger partial charge in [0, 0.05) is 0 Å². The quantitative estimate of drug-likeness (QED) is 0.662. The number of amides is 2. The molecule has 0 spiro atoms. The fourth-order valence-electron chi connectivity index (χ4n) is 2.78. The molecule has 0 bridgehead atoms. The van der Waals surface area contributed by atoms with E-state index < -0.39 is 11.8 Å². The van der Waals surface area contributed by atoms with Crippen LogP contribution in [0.1, 0.15) is 33.3 Å². The third-order valence-electron chi connectivity index (χ3n) is 4.15. The molecule has 8 heteroatoms. The summed E-state index contributed by atoms with van der Waals surface area (Å²) in [6.07, 6.45) is 1.45. The second-order valence-corrected chi connectivity index (χ2v) is 6.37. The number of nitrogens with zero attached hydrogens (tertiary/aromatic N) is 2. The molecule has 3 aromatic rings. The number of benzene rings is 2. The largest absolute Gasteiger partial charge is 0.494 e. The van der Waals surface area contributed by atoms with Gasteiger partial charge in [0.05, 0.1) is 46.0 Å². The number of nitrogens with two attached hydrogens (primary N) is 1. The Bertz CT molecular complexity index is 1050. The van der Waals surface area contributed by atoms with Crippen LogP contribution in [-0.2, 0) is 0 Å². The summed E-state index contributed by atoms with van der Waals surface area (Å²) in [5.74, 6) is -0.584. The van der Waals surface area contributed by atoms with E-state index in [1.54, 1.807) is 29.8 Å². The summed E-state index contributed by atoms with van der Waals surface area (Å²) in [6, 6.07) is 11.9. The summed E-state index contributed by atoms with van der Waals surface area (Å²) in [6.45, 7) is 4.04. The zero-order chi connectivity index (χ0) is 20.3. The molecule has 1 aromatic heterocycles. The minimum atomic E-state index is -0.666. The number of rotatable bonds is 6. The Morgan fingerprint density at radius 1 is 1.21 bits per heavy atom. The van der Waals surface area contributed by atoms with E-state index in [1.165, 1.54) is 12.3 Å². The number of carbonyl (C=O) groups is 2. The second kappa shape index (κ2) is 8.14. The van der Waals surface area contributed by atoms with Gasteiger partial charge in [0.15, 0.2) is 0 Å². The van der Waals surface area contributed by atoms with Gasteiger partial charge in [0.1, 0.15) is 5.75 Å². The van der Waals surface area contributed by atoms with Crippen LogP contribution in [0.4, 0.5) is 5.69 Å². The molecular weight excluding hydrogens is 380 g/mol.